The van der Waals surface area contributed by atoms with Crippen LogP contribution in [0.2, 0.25) is 10.0 Å². The van der Waals surface area contributed by atoms with E-state index in [9.17, 15) is 14.9 Å². The summed E-state index contributed by atoms with van der Waals surface area (Å²) in [6, 6.07) is 20.2. The second-order valence-corrected chi connectivity index (χ2v) is 9.96. The van der Waals surface area contributed by atoms with Crippen molar-refractivity contribution in [2.24, 2.45) is 5.92 Å². The molecular weight excluding hydrogens is 501 g/mol. The first kappa shape index (κ1) is 24.6. The van der Waals surface area contributed by atoms with Crippen molar-refractivity contribution >= 4 is 40.5 Å². The molecule has 3 atom stereocenters. The van der Waals surface area contributed by atoms with E-state index in [2.05, 4.69) is 0 Å². The molecule has 2 aliphatic heterocycles. The Balaban J connectivity index is 1.65. The number of hydrogen-bond donors (Lipinski definition) is 0. The van der Waals surface area contributed by atoms with Crippen molar-refractivity contribution in [3.8, 4) is 0 Å². The van der Waals surface area contributed by atoms with Crippen LogP contribution in [0.5, 0.6) is 0 Å². The van der Waals surface area contributed by atoms with Crippen molar-refractivity contribution in [2.75, 3.05) is 18.2 Å². The monoisotopic (exact) mass is 525 g/mol. The molecule has 2 heterocycles. The minimum absolute atomic E-state index is 0.0254. The number of non-ortho nitro benzene ring substituents is 1. The minimum Gasteiger partial charge on any atom is -0.342 e. The molecule has 3 aromatic carbocycles. The van der Waals surface area contributed by atoms with Gasteiger partial charge in [0.2, 0.25) is 5.91 Å². The summed E-state index contributed by atoms with van der Waals surface area (Å²) < 4.78 is 0. The Morgan fingerprint density at radius 3 is 2.17 bits per heavy atom. The molecule has 0 N–H and O–H groups in total. The molecular formula is C27H25Cl2N3O4. The van der Waals surface area contributed by atoms with Gasteiger partial charge in [-0.2, -0.15) is 0 Å². The van der Waals surface area contributed by atoms with Crippen molar-refractivity contribution in [1.82, 2.24) is 4.90 Å². The Hall–Kier alpha value is -3.13. The summed E-state index contributed by atoms with van der Waals surface area (Å²) in [6.07, 6.45) is 2.38. The molecule has 2 aliphatic rings. The highest BCUT2D eigenvalue weighted by atomic mass is 35.5. The van der Waals surface area contributed by atoms with Gasteiger partial charge in [0.1, 0.15) is 6.10 Å². The molecule has 3 aromatic rings. The summed E-state index contributed by atoms with van der Waals surface area (Å²) in [5.41, 5.74) is 2.10. The van der Waals surface area contributed by atoms with Crippen LogP contribution in [0.3, 0.4) is 0 Å². The summed E-state index contributed by atoms with van der Waals surface area (Å²) in [4.78, 5) is 33.7. The maximum atomic E-state index is 14.1. The number of nitro groups is 1. The second kappa shape index (κ2) is 10.5. The predicted octanol–water partition coefficient (Wildman–Crippen LogP) is 6.76. The third-order valence-corrected chi connectivity index (χ3v) is 7.31. The number of halogens is 2. The van der Waals surface area contributed by atoms with E-state index in [-0.39, 0.29) is 11.6 Å². The molecule has 1 amide bonds. The van der Waals surface area contributed by atoms with Crippen LogP contribution in [0.1, 0.15) is 42.5 Å². The number of carbonyl (C=O) groups is 1. The molecule has 186 valence electrons. The quantitative estimate of drug-likeness (QED) is 0.271. The van der Waals surface area contributed by atoms with Crippen molar-refractivity contribution in [2.45, 2.75) is 31.4 Å². The van der Waals surface area contributed by atoms with E-state index in [4.69, 9.17) is 28.0 Å². The molecule has 0 bridgehead atoms. The van der Waals surface area contributed by atoms with Gasteiger partial charge in [0, 0.05) is 35.3 Å². The number of piperidine rings is 1. The van der Waals surface area contributed by atoms with E-state index in [1.165, 1.54) is 12.1 Å². The number of hydrogen-bond acceptors (Lipinski definition) is 5. The molecule has 0 aromatic heterocycles. The van der Waals surface area contributed by atoms with Gasteiger partial charge in [-0.3, -0.25) is 19.7 Å². The average Bonchev–Trinajstić information content (AvgIpc) is 3.30. The number of nitrogens with zero attached hydrogens (tertiary/aromatic N) is 3. The predicted molar refractivity (Wildman–Crippen MR) is 139 cm³/mol. The zero-order chi connectivity index (χ0) is 25.2. The lowest BCUT2D eigenvalue weighted by molar-refractivity contribution is -0.384. The number of amides is 1. The highest BCUT2D eigenvalue weighted by molar-refractivity contribution is 6.30. The lowest BCUT2D eigenvalue weighted by atomic mass is 9.84. The van der Waals surface area contributed by atoms with Gasteiger partial charge in [-0.25, -0.2) is 5.06 Å². The lowest BCUT2D eigenvalue weighted by Gasteiger charge is -2.33. The number of nitro benzene ring substituents is 1. The van der Waals surface area contributed by atoms with Gasteiger partial charge in [0.25, 0.3) is 5.69 Å². The van der Waals surface area contributed by atoms with E-state index in [0.717, 1.165) is 24.8 Å². The van der Waals surface area contributed by atoms with E-state index in [1.54, 1.807) is 35.4 Å². The van der Waals surface area contributed by atoms with Crippen LogP contribution in [0.25, 0.3) is 0 Å². The van der Waals surface area contributed by atoms with Crippen LogP contribution in [-0.4, -0.2) is 28.8 Å². The van der Waals surface area contributed by atoms with Gasteiger partial charge in [-0.1, -0.05) is 47.5 Å². The highest BCUT2D eigenvalue weighted by Gasteiger charge is 2.50. The van der Waals surface area contributed by atoms with Crippen molar-refractivity contribution in [1.29, 1.82) is 0 Å². The Bertz CT molecular complexity index is 1250. The standard InChI is InChI=1S/C27H25Cl2N3O4/c28-20-9-7-18(8-10-20)26-24(27(33)30-15-2-1-3-16-30)25(19-5-4-6-23(17-19)32(34)35)31(36-26)22-13-11-21(29)12-14-22/h4-14,17,24-26H,1-3,15-16H2/t24-,25-,26+/m0/s1. The average molecular weight is 526 g/mol. The topological polar surface area (TPSA) is 75.9 Å². The first-order valence-corrected chi connectivity index (χ1v) is 12.7. The van der Waals surface area contributed by atoms with Gasteiger partial charge in [0.15, 0.2) is 0 Å². The van der Waals surface area contributed by atoms with Crippen LogP contribution >= 0.6 is 23.2 Å². The molecule has 5 rings (SSSR count). The molecule has 2 saturated heterocycles. The maximum Gasteiger partial charge on any atom is 0.269 e. The van der Waals surface area contributed by atoms with E-state index >= 15 is 0 Å². The Morgan fingerprint density at radius 2 is 1.53 bits per heavy atom. The zero-order valence-electron chi connectivity index (χ0n) is 19.4. The fraction of sp³-hybridized carbons (Fsp3) is 0.296. The summed E-state index contributed by atoms with van der Waals surface area (Å²) in [6.45, 7) is 1.37. The fourth-order valence-electron chi connectivity index (χ4n) is 5.05. The first-order valence-electron chi connectivity index (χ1n) is 11.9. The Morgan fingerprint density at radius 1 is 0.889 bits per heavy atom. The van der Waals surface area contributed by atoms with E-state index < -0.39 is 23.0 Å². The number of rotatable bonds is 5. The van der Waals surface area contributed by atoms with Gasteiger partial charge < -0.3 is 4.90 Å². The third kappa shape index (κ3) is 4.91. The molecule has 2 fully saturated rings. The highest BCUT2D eigenvalue weighted by Crippen LogP contribution is 2.50. The number of benzene rings is 3. The molecule has 0 saturated carbocycles. The maximum absolute atomic E-state index is 14.1. The van der Waals surface area contributed by atoms with Gasteiger partial charge in [-0.15, -0.1) is 0 Å². The summed E-state index contributed by atoms with van der Waals surface area (Å²) in [5.74, 6) is -0.662. The van der Waals surface area contributed by atoms with Gasteiger partial charge >= 0.3 is 0 Å². The molecule has 0 unspecified atom stereocenters. The largest absolute Gasteiger partial charge is 0.342 e. The second-order valence-electron chi connectivity index (χ2n) is 9.09. The molecule has 0 spiro atoms. The van der Waals surface area contributed by atoms with Crippen molar-refractivity contribution in [3.05, 3.63) is 104 Å². The van der Waals surface area contributed by atoms with Crippen LogP contribution in [0.15, 0.2) is 72.8 Å². The van der Waals surface area contributed by atoms with Crippen LogP contribution in [0, 0.1) is 16.0 Å². The Labute approximate surface area is 219 Å². The third-order valence-electron chi connectivity index (χ3n) is 6.80. The van der Waals surface area contributed by atoms with E-state index in [0.29, 0.717) is 34.4 Å². The van der Waals surface area contributed by atoms with E-state index in [1.807, 2.05) is 35.2 Å². The number of anilines is 1. The number of hydroxylamine groups is 1. The van der Waals surface area contributed by atoms with Gasteiger partial charge in [0.05, 0.1) is 22.6 Å². The molecule has 7 nitrogen and oxygen atoms in total. The summed E-state index contributed by atoms with van der Waals surface area (Å²) >= 11 is 12.3. The summed E-state index contributed by atoms with van der Waals surface area (Å²) in [5, 5.41) is 14.4. The lowest BCUT2D eigenvalue weighted by Crippen LogP contribution is -2.42. The van der Waals surface area contributed by atoms with Crippen molar-refractivity contribution < 1.29 is 14.6 Å². The number of carbonyl (C=O) groups excluding carboxylic acids is 1. The van der Waals surface area contributed by atoms with Crippen molar-refractivity contribution in [3.63, 3.8) is 0 Å². The van der Waals surface area contributed by atoms with Crippen LogP contribution in [0.4, 0.5) is 11.4 Å². The normalized spacial score (nSPS) is 22.0. The smallest absolute Gasteiger partial charge is 0.269 e. The van der Waals surface area contributed by atoms with Crippen LogP contribution in [-0.2, 0) is 9.63 Å². The first-order chi connectivity index (χ1) is 17.4. The molecule has 36 heavy (non-hydrogen) atoms. The SMILES string of the molecule is O=C([C@@H]1[C@@H](c2ccc(Cl)cc2)ON(c2ccc(Cl)cc2)[C@H]1c1cccc([N+](=O)[O-])c1)N1CCCCC1. The number of likely N-dealkylation sites (tertiary alicyclic amines) is 1. The fourth-order valence-corrected chi connectivity index (χ4v) is 5.30. The molecule has 9 heteroatoms. The van der Waals surface area contributed by atoms with Gasteiger partial charge in [-0.05, 0) is 66.8 Å². The zero-order valence-corrected chi connectivity index (χ0v) is 20.9. The van der Waals surface area contributed by atoms with Crippen LogP contribution < -0.4 is 5.06 Å². The molecule has 0 aliphatic carbocycles. The Kier molecular flexibility index (Phi) is 7.14. The molecule has 0 radical (unpaired) electrons. The minimum atomic E-state index is -0.637. The summed E-state index contributed by atoms with van der Waals surface area (Å²) in [7, 11) is 0.